The number of nitrogens with zero attached hydrogens (tertiary/aromatic N) is 2. The molecule has 1 aliphatic carbocycles. The molecule has 0 N–H and O–H groups in total. The lowest BCUT2D eigenvalue weighted by atomic mass is 9.78. The summed E-state index contributed by atoms with van der Waals surface area (Å²) in [5.74, 6) is -1.40. The number of imide groups is 1. The molecule has 1 aromatic heterocycles. The Morgan fingerprint density at radius 1 is 0.900 bits per heavy atom. The zero-order valence-corrected chi connectivity index (χ0v) is 28.0. The molecule has 250 valence electrons. The van der Waals surface area contributed by atoms with Crippen molar-refractivity contribution in [3.05, 3.63) is 138 Å². The molecule has 50 heavy (non-hydrogen) atoms. The van der Waals surface area contributed by atoms with E-state index in [1.165, 1.54) is 4.90 Å². The summed E-state index contributed by atoms with van der Waals surface area (Å²) < 4.78 is 11.6. The lowest BCUT2D eigenvalue weighted by Crippen LogP contribution is -2.31. The lowest BCUT2D eigenvalue weighted by molar-refractivity contribution is -0.122. The molecule has 5 aromatic rings. The van der Waals surface area contributed by atoms with Crippen molar-refractivity contribution in [3.8, 4) is 17.0 Å². The number of rotatable bonds is 9. The van der Waals surface area contributed by atoms with E-state index in [1.807, 2.05) is 74.5 Å². The maximum atomic E-state index is 13.7. The third-order valence-corrected chi connectivity index (χ3v) is 9.52. The smallest absolute Gasteiger partial charge is 0.339 e. The highest BCUT2D eigenvalue weighted by molar-refractivity contribution is 6.22. The van der Waals surface area contributed by atoms with Gasteiger partial charge in [-0.15, -0.1) is 0 Å². The van der Waals surface area contributed by atoms with Crippen LogP contribution >= 0.6 is 0 Å². The number of carbonyl (C=O) groups excluding carboxylic acids is 4. The van der Waals surface area contributed by atoms with Gasteiger partial charge in [0.05, 0.1) is 34.3 Å². The molecule has 8 nitrogen and oxygen atoms in total. The van der Waals surface area contributed by atoms with E-state index in [0.29, 0.717) is 52.2 Å². The van der Waals surface area contributed by atoms with Crippen molar-refractivity contribution < 1.29 is 28.7 Å². The Balaban J connectivity index is 1.09. The molecule has 4 aromatic carbocycles. The highest BCUT2D eigenvalue weighted by atomic mass is 16.5. The average molecular weight is 665 g/mol. The van der Waals surface area contributed by atoms with Crippen molar-refractivity contribution in [2.45, 2.75) is 39.9 Å². The number of hydrogen-bond donors (Lipinski definition) is 0. The summed E-state index contributed by atoms with van der Waals surface area (Å²) >= 11 is 0. The molecule has 2 aliphatic rings. The minimum Gasteiger partial charge on any atom is -0.489 e. The Hall–Kier alpha value is -5.89. The second-order valence-electron chi connectivity index (χ2n) is 13.0. The number of fused-ring (bicyclic) bond motifs is 2. The molecule has 2 amide bonds. The Bertz CT molecular complexity index is 2140. The summed E-state index contributed by atoms with van der Waals surface area (Å²) in [6.07, 6.45) is 3.50. The van der Waals surface area contributed by atoms with E-state index in [-0.39, 0.29) is 40.9 Å². The summed E-state index contributed by atoms with van der Waals surface area (Å²) in [5.41, 5.74) is 4.94. The Morgan fingerprint density at radius 3 is 2.36 bits per heavy atom. The molecule has 7 rings (SSSR count). The fourth-order valence-electron chi connectivity index (χ4n) is 6.81. The SMILES string of the molecule is Cc1ccc2nc(-c3ccc(N4C(=O)C5CC=CC(C)C5C4=O)cc3)cc(C(=O)OC(C)C(=O)c3ccc(OCc4ccccc4)cc3)c2c1. The van der Waals surface area contributed by atoms with E-state index in [9.17, 15) is 19.2 Å². The highest BCUT2D eigenvalue weighted by Crippen LogP contribution is 2.41. The van der Waals surface area contributed by atoms with Crippen LogP contribution in [0.3, 0.4) is 0 Å². The zero-order valence-electron chi connectivity index (χ0n) is 28.0. The number of hydrogen-bond acceptors (Lipinski definition) is 7. The van der Waals surface area contributed by atoms with Gasteiger partial charge in [-0.1, -0.05) is 73.2 Å². The van der Waals surface area contributed by atoms with Gasteiger partial charge in [-0.3, -0.25) is 19.3 Å². The molecular formula is C42H36N2O6. The number of benzene rings is 4. The van der Waals surface area contributed by atoms with Crippen LogP contribution in [-0.2, 0) is 20.9 Å². The van der Waals surface area contributed by atoms with Crippen molar-refractivity contribution in [3.63, 3.8) is 0 Å². The van der Waals surface area contributed by atoms with Gasteiger partial charge in [-0.25, -0.2) is 9.78 Å². The second-order valence-corrected chi connectivity index (χ2v) is 13.0. The maximum absolute atomic E-state index is 13.7. The molecular weight excluding hydrogens is 628 g/mol. The standard InChI is InChI=1S/C42H36N2O6/c1-25-12-21-36-34(22-25)35(42(48)50-27(3)39(45)30-15-19-32(20-16-30)49-24-28-9-5-4-6-10-28)23-37(43-36)29-13-17-31(18-14-29)44-40(46)33-11-7-8-26(2)38(33)41(44)47/h4-10,12-23,26-27,33,38H,11,24H2,1-3H3. The van der Waals surface area contributed by atoms with Crippen LogP contribution in [-0.4, -0.2) is 34.7 Å². The minimum atomic E-state index is -1.05. The molecule has 4 atom stereocenters. The third kappa shape index (κ3) is 6.32. The molecule has 2 heterocycles. The Morgan fingerprint density at radius 2 is 1.64 bits per heavy atom. The van der Waals surface area contributed by atoms with Crippen molar-refractivity contribution in [2.24, 2.45) is 17.8 Å². The van der Waals surface area contributed by atoms with Gasteiger partial charge in [0, 0.05) is 16.5 Å². The van der Waals surface area contributed by atoms with E-state index in [4.69, 9.17) is 14.5 Å². The van der Waals surface area contributed by atoms with Gasteiger partial charge >= 0.3 is 5.97 Å². The topological polar surface area (TPSA) is 103 Å². The van der Waals surface area contributed by atoms with Gasteiger partial charge < -0.3 is 9.47 Å². The van der Waals surface area contributed by atoms with Gasteiger partial charge in [-0.05, 0) is 86.3 Å². The average Bonchev–Trinajstić information content (AvgIpc) is 3.40. The maximum Gasteiger partial charge on any atom is 0.339 e. The number of pyridine rings is 1. The third-order valence-electron chi connectivity index (χ3n) is 9.52. The van der Waals surface area contributed by atoms with Crippen LogP contribution in [0.15, 0.2) is 115 Å². The van der Waals surface area contributed by atoms with Crippen LogP contribution in [0.4, 0.5) is 5.69 Å². The van der Waals surface area contributed by atoms with Crippen LogP contribution in [0.1, 0.15) is 52.1 Å². The molecule has 0 radical (unpaired) electrons. The van der Waals surface area contributed by atoms with Crippen LogP contribution in [0.5, 0.6) is 5.75 Å². The fourth-order valence-corrected chi connectivity index (χ4v) is 6.81. The van der Waals surface area contributed by atoms with Gasteiger partial charge in [0.15, 0.2) is 6.10 Å². The molecule has 1 aliphatic heterocycles. The molecule has 4 unspecified atom stereocenters. The van der Waals surface area contributed by atoms with Gasteiger partial charge in [0.1, 0.15) is 12.4 Å². The summed E-state index contributed by atoms with van der Waals surface area (Å²) in [6.45, 7) is 5.86. The van der Waals surface area contributed by atoms with E-state index < -0.39 is 12.1 Å². The van der Waals surface area contributed by atoms with E-state index in [1.54, 1.807) is 61.5 Å². The quantitative estimate of drug-likeness (QED) is 0.0683. The normalized spacial score (nSPS) is 18.9. The van der Waals surface area contributed by atoms with Crippen LogP contribution < -0.4 is 9.64 Å². The second kappa shape index (κ2) is 13.6. The van der Waals surface area contributed by atoms with Gasteiger partial charge in [0.2, 0.25) is 17.6 Å². The largest absolute Gasteiger partial charge is 0.489 e. The number of anilines is 1. The predicted molar refractivity (Wildman–Crippen MR) is 191 cm³/mol. The summed E-state index contributed by atoms with van der Waals surface area (Å²) in [6, 6.07) is 30.9. The number of Topliss-reactive ketones (excluding diaryl/α,β-unsaturated/α-hetero) is 1. The zero-order chi connectivity index (χ0) is 34.9. The number of ketones is 1. The molecule has 1 saturated heterocycles. The Kier molecular flexibility index (Phi) is 8.85. The number of allylic oxidation sites excluding steroid dienone is 2. The predicted octanol–water partition coefficient (Wildman–Crippen LogP) is 7.92. The van der Waals surface area contributed by atoms with Gasteiger partial charge in [0.25, 0.3) is 0 Å². The van der Waals surface area contributed by atoms with Gasteiger partial charge in [-0.2, -0.15) is 0 Å². The summed E-state index contributed by atoms with van der Waals surface area (Å²) in [5, 5.41) is 0.605. The van der Waals surface area contributed by atoms with E-state index in [2.05, 4.69) is 0 Å². The first kappa shape index (κ1) is 32.6. The van der Waals surface area contributed by atoms with Crippen molar-refractivity contribution in [2.75, 3.05) is 4.90 Å². The van der Waals surface area contributed by atoms with Crippen molar-refractivity contribution in [1.29, 1.82) is 0 Å². The van der Waals surface area contributed by atoms with Crippen LogP contribution in [0.25, 0.3) is 22.2 Å². The molecule has 0 saturated carbocycles. The number of ether oxygens (including phenoxy) is 2. The first-order chi connectivity index (χ1) is 24.2. The number of carbonyl (C=O) groups is 4. The number of aromatic nitrogens is 1. The number of esters is 1. The molecule has 0 spiro atoms. The lowest BCUT2D eigenvalue weighted by Gasteiger charge is -2.22. The first-order valence-corrected chi connectivity index (χ1v) is 16.8. The van der Waals surface area contributed by atoms with E-state index in [0.717, 1.165) is 11.1 Å². The fraction of sp³-hybridized carbons (Fsp3) is 0.214. The van der Waals surface area contributed by atoms with Crippen molar-refractivity contribution >= 4 is 40.2 Å². The summed E-state index contributed by atoms with van der Waals surface area (Å²) in [7, 11) is 0. The van der Waals surface area contributed by atoms with E-state index >= 15 is 0 Å². The first-order valence-electron chi connectivity index (χ1n) is 16.8. The van der Waals surface area contributed by atoms with Crippen LogP contribution in [0.2, 0.25) is 0 Å². The van der Waals surface area contributed by atoms with Crippen LogP contribution in [0, 0.1) is 24.7 Å². The summed E-state index contributed by atoms with van der Waals surface area (Å²) in [4.78, 5) is 59.7. The monoisotopic (exact) mass is 664 g/mol. The molecule has 8 heteroatoms. The molecule has 0 bridgehead atoms. The Labute approximate surface area is 290 Å². The van der Waals surface area contributed by atoms with Crippen molar-refractivity contribution in [1.82, 2.24) is 4.98 Å². The molecule has 1 fully saturated rings. The number of aryl methyl sites for hydroxylation is 1. The highest BCUT2D eigenvalue weighted by Gasteiger charge is 2.50. The number of amides is 2. The minimum absolute atomic E-state index is 0.00131.